The molecule has 2 aromatic heterocycles. The lowest BCUT2D eigenvalue weighted by molar-refractivity contribution is 0.252. The van der Waals surface area contributed by atoms with Crippen LogP contribution in [-0.4, -0.2) is 35.9 Å². The van der Waals surface area contributed by atoms with Crippen molar-refractivity contribution >= 4 is 27.4 Å². The van der Waals surface area contributed by atoms with Gasteiger partial charge in [0.2, 0.25) is 9.84 Å². The second-order valence-electron chi connectivity index (χ2n) is 7.63. The normalized spacial score (nSPS) is 14.5. The van der Waals surface area contributed by atoms with Crippen LogP contribution >= 0.6 is 0 Å². The maximum Gasteiger partial charge on any atom is 0.319 e. The van der Waals surface area contributed by atoms with Crippen LogP contribution in [0.5, 0.6) is 0 Å². The molecular weight excluding hydrogens is 428 g/mol. The van der Waals surface area contributed by atoms with E-state index >= 15 is 0 Å². The number of pyridine rings is 1. The molecule has 0 radical (unpaired) electrons. The molecule has 0 aliphatic heterocycles. The van der Waals surface area contributed by atoms with E-state index in [4.69, 9.17) is 5.73 Å². The molecule has 9 nitrogen and oxygen atoms in total. The van der Waals surface area contributed by atoms with E-state index in [9.17, 15) is 13.2 Å². The van der Waals surface area contributed by atoms with Gasteiger partial charge < -0.3 is 16.4 Å². The van der Waals surface area contributed by atoms with E-state index in [1.165, 1.54) is 18.3 Å². The van der Waals surface area contributed by atoms with Crippen LogP contribution < -0.4 is 16.4 Å². The predicted molar refractivity (Wildman–Crippen MR) is 122 cm³/mol. The molecule has 32 heavy (non-hydrogen) atoms. The van der Waals surface area contributed by atoms with Crippen LogP contribution in [0.2, 0.25) is 0 Å². The van der Waals surface area contributed by atoms with Gasteiger partial charge in [0.25, 0.3) is 0 Å². The van der Waals surface area contributed by atoms with E-state index in [2.05, 4.69) is 25.6 Å². The molecule has 166 valence electrons. The third kappa shape index (κ3) is 4.13. The molecule has 1 aliphatic carbocycles. The molecule has 0 spiro atoms. The molecule has 10 heteroatoms. The average molecular weight is 453 g/mol. The highest BCUT2D eigenvalue weighted by atomic mass is 32.2. The number of nitrogens with two attached hydrogens (primary N) is 1. The number of benzene rings is 1. The van der Waals surface area contributed by atoms with Crippen molar-refractivity contribution in [3.05, 3.63) is 60.4 Å². The SMILES string of the molecule is CCCNC(=O)Nc1ccc(-c2nc(N)cc(C3(S(=O)(=O)c4ccccn4)CC3)n2)cc1. The average Bonchev–Trinajstić information content (AvgIpc) is 3.61. The smallest absolute Gasteiger partial charge is 0.319 e. The lowest BCUT2D eigenvalue weighted by atomic mass is 10.1. The fourth-order valence-corrected chi connectivity index (χ4v) is 5.30. The number of hydrogen-bond acceptors (Lipinski definition) is 7. The van der Waals surface area contributed by atoms with Crippen molar-refractivity contribution < 1.29 is 13.2 Å². The highest BCUT2D eigenvalue weighted by molar-refractivity contribution is 7.92. The number of carbonyl (C=O) groups is 1. The number of hydrogen-bond donors (Lipinski definition) is 3. The van der Waals surface area contributed by atoms with Gasteiger partial charge in [-0.1, -0.05) is 13.0 Å². The third-order valence-electron chi connectivity index (χ3n) is 5.28. The second kappa shape index (κ2) is 8.54. The van der Waals surface area contributed by atoms with Crippen LogP contribution in [0, 0.1) is 0 Å². The Hall–Kier alpha value is -3.53. The standard InChI is InChI=1S/C22H24N6O3S/c1-2-12-25-21(29)26-16-8-6-15(7-9-16)20-27-17(14-18(23)28-20)22(10-11-22)32(30,31)19-5-3-4-13-24-19/h3-9,13-14H,2,10-12H2,1H3,(H2,23,27,28)(H2,25,26,29). The lowest BCUT2D eigenvalue weighted by Gasteiger charge is -2.16. The topological polar surface area (TPSA) is 140 Å². The number of nitrogen functional groups attached to an aromatic ring is 1. The number of urea groups is 1. The van der Waals surface area contributed by atoms with Gasteiger partial charge >= 0.3 is 6.03 Å². The summed E-state index contributed by atoms with van der Waals surface area (Å²) in [6.07, 6.45) is 3.19. The molecule has 3 aromatic rings. The van der Waals surface area contributed by atoms with Gasteiger partial charge in [-0.25, -0.2) is 28.2 Å². The van der Waals surface area contributed by atoms with Crippen molar-refractivity contribution in [2.24, 2.45) is 0 Å². The first-order chi connectivity index (χ1) is 15.4. The Morgan fingerprint density at radius 3 is 2.50 bits per heavy atom. The second-order valence-corrected chi connectivity index (χ2v) is 9.83. The maximum atomic E-state index is 13.3. The fourth-order valence-electron chi connectivity index (χ4n) is 3.43. The van der Waals surface area contributed by atoms with Gasteiger partial charge in [-0.2, -0.15) is 0 Å². The first-order valence-corrected chi connectivity index (χ1v) is 11.8. The number of carbonyl (C=O) groups excluding carboxylic acids is 1. The molecule has 0 saturated heterocycles. The molecule has 0 atom stereocenters. The van der Waals surface area contributed by atoms with Crippen LogP contribution in [0.4, 0.5) is 16.3 Å². The summed E-state index contributed by atoms with van der Waals surface area (Å²) in [5, 5.41) is 5.51. The highest BCUT2D eigenvalue weighted by Gasteiger charge is 2.58. The van der Waals surface area contributed by atoms with Crippen LogP contribution in [0.15, 0.2) is 59.8 Å². The van der Waals surface area contributed by atoms with Gasteiger partial charge in [0.1, 0.15) is 10.6 Å². The van der Waals surface area contributed by atoms with Crippen molar-refractivity contribution in [2.45, 2.75) is 36.0 Å². The summed E-state index contributed by atoms with van der Waals surface area (Å²) < 4.78 is 25.4. The van der Waals surface area contributed by atoms with Crippen LogP contribution in [0.25, 0.3) is 11.4 Å². The van der Waals surface area contributed by atoms with Gasteiger partial charge in [0.15, 0.2) is 10.9 Å². The molecule has 2 heterocycles. The van der Waals surface area contributed by atoms with Gasteiger partial charge in [-0.3, -0.25) is 0 Å². The van der Waals surface area contributed by atoms with Gasteiger partial charge in [-0.05, 0) is 55.7 Å². The number of nitrogens with one attached hydrogen (secondary N) is 2. The molecule has 0 bridgehead atoms. The fraction of sp³-hybridized carbons (Fsp3) is 0.273. The summed E-state index contributed by atoms with van der Waals surface area (Å²) >= 11 is 0. The van der Waals surface area contributed by atoms with Crippen molar-refractivity contribution in [1.82, 2.24) is 20.3 Å². The molecule has 1 aliphatic rings. The minimum atomic E-state index is -3.74. The summed E-state index contributed by atoms with van der Waals surface area (Å²) in [5.41, 5.74) is 7.66. The number of sulfone groups is 1. The molecule has 1 aromatic carbocycles. The van der Waals surface area contributed by atoms with Gasteiger partial charge in [0.05, 0.1) is 5.69 Å². The van der Waals surface area contributed by atoms with Crippen molar-refractivity contribution in [2.75, 3.05) is 17.6 Å². The van der Waals surface area contributed by atoms with E-state index in [0.29, 0.717) is 42.2 Å². The van der Waals surface area contributed by atoms with Crippen molar-refractivity contribution in [3.8, 4) is 11.4 Å². The molecular formula is C22H24N6O3S. The first-order valence-electron chi connectivity index (χ1n) is 10.3. The van der Waals surface area contributed by atoms with E-state index < -0.39 is 14.6 Å². The summed E-state index contributed by atoms with van der Waals surface area (Å²) in [6, 6.07) is 13.0. The van der Waals surface area contributed by atoms with Gasteiger partial charge in [-0.15, -0.1) is 0 Å². The molecule has 4 rings (SSSR count). The monoisotopic (exact) mass is 452 g/mol. The Kier molecular flexibility index (Phi) is 5.79. The maximum absolute atomic E-state index is 13.3. The summed E-state index contributed by atoms with van der Waals surface area (Å²) in [7, 11) is -3.74. The van der Waals surface area contributed by atoms with E-state index in [1.807, 2.05) is 6.92 Å². The Morgan fingerprint density at radius 1 is 1.12 bits per heavy atom. The van der Waals surface area contributed by atoms with Crippen molar-refractivity contribution in [1.29, 1.82) is 0 Å². The molecule has 1 saturated carbocycles. The lowest BCUT2D eigenvalue weighted by Crippen LogP contribution is -2.29. The number of aromatic nitrogens is 3. The Morgan fingerprint density at radius 2 is 1.88 bits per heavy atom. The Labute approximate surface area is 186 Å². The van der Waals surface area contributed by atoms with Crippen LogP contribution in [0.3, 0.4) is 0 Å². The predicted octanol–water partition coefficient (Wildman–Crippen LogP) is 3.12. The summed E-state index contributed by atoms with van der Waals surface area (Å²) in [4.78, 5) is 24.7. The molecule has 1 fully saturated rings. The summed E-state index contributed by atoms with van der Waals surface area (Å²) in [5.74, 6) is 0.512. The zero-order chi connectivity index (χ0) is 22.8. The number of nitrogens with zero attached hydrogens (tertiary/aromatic N) is 3. The largest absolute Gasteiger partial charge is 0.384 e. The van der Waals surface area contributed by atoms with Gasteiger partial charge in [0, 0.05) is 30.1 Å². The van der Waals surface area contributed by atoms with Crippen molar-refractivity contribution in [3.63, 3.8) is 0 Å². The number of rotatable bonds is 7. The Bertz CT molecular complexity index is 1230. The van der Waals surface area contributed by atoms with E-state index in [0.717, 1.165) is 6.42 Å². The minimum Gasteiger partial charge on any atom is -0.384 e. The summed E-state index contributed by atoms with van der Waals surface area (Å²) in [6.45, 7) is 2.56. The number of anilines is 2. The van der Waals surface area contributed by atoms with Crippen LogP contribution in [0.1, 0.15) is 31.9 Å². The molecule has 4 N–H and O–H groups in total. The van der Waals surface area contributed by atoms with Crippen LogP contribution in [-0.2, 0) is 14.6 Å². The van der Waals surface area contributed by atoms with E-state index in [-0.39, 0.29) is 16.9 Å². The highest BCUT2D eigenvalue weighted by Crippen LogP contribution is 2.54. The minimum absolute atomic E-state index is 0.0213. The first kappa shape index (κ1) is 21.7. The Balaban J connectivity index is 1.62. The molecule has 0 unspecified atom stereocenters. The number of amides is 2. The zero-order valence-corrected chi connectivity index (χ0v) is 18.4. The quantitative estimate of drug-likeness (QED) is 0.500. The van der Waals surface area contributed by atoms with E-state index in [1.54, 1.807) is 36.4 Å². The molecule has 2 amide bonds. The zero-order valence-electron chi connectivity index (χ0n) is 17.6. The third-order valence-corrected chi connectivity index (χ3v) is 7.72.